The lowest BCUT2D eigenvalue weighted by Crippen LogP contribution is -2.29. The number of amides is 1. The van der Waals surface area contributed by atoms with Gasteiger partial charge in [-0.3, -0.25) is 4.79 Å². The molecule has 17 heavy (non-hydrogen) atoms. The number of nitrogens with zero attached hydrogens (tertiary/aromatic N) is 2. The molecule has 1 amide bonds. The minimum Gasteiger partial charge on any atom is -0.396 e. The lowest BCUT2D eigenvalue weighted by atomic mass is 10.2. The third-order valence-corrected chi connectivity index (χ3v) is 2.16. The number of carbonyl (C=O) groups is 1. The molecular weight excluding hydrogens is 220 g/mol. The average Bonchev–Trinajstić information content (AvgIpc) is 2.29. The van der Waals surface area contributed by atoms with Crippen LogP contribution in [-0.4, -0.2) is 36.1 Å². The number of anilines is 1. The largest absolute Gasteiger partial charge is 0.396 e. The van der Waals surface area contributed by atoms with E-state index >= 15 is 0 Å². The summed E-state index contributed by atoms with van der Waals surface area (Å²) in [6.07, 6.45) is 1.47. The Balaban J connectivity index is 2.81. The van der Waals surface area contributed by atoms with Gasteiger partial charge in [0, 0.05) is 19.6 Å². The molecule has 0 unspecified atom stereocenters. The summed E-state index contributed by atoms with van der Waals surface area (Å²) in [6.45, 7) is 4.79. The number of carbonyl (C=O) groups excluding carboxylic acids is 1. The lowest BCUT2D eigenvalue weighted by Gasteiger charge is -2.09. The molecule has 0 saturated heterocycles. The third kappa shape index (κ3) is 3.67. The predicted octanol–water partition coefficient (Wildman–Crippen LogP) is 0.558. The first-order valence-corrected chi connectivity index (χ1v) is 5.45. The molecule has 0 aromatic carbocycles. The van der Waals surface area contributed by atoms with Crippen LogP contribution < -0.4 is 11.1 Å². The highest BCUT2D eigenvalue weighted by molar-refractivity contribution is 5.96. The molecule has 1 aromatic rings. The first-order chi connectivity index (χ1) is 8.06. The smallest absolute Gasteiger partial charge is 0.272 e. The van der Waals surface area contributed by atoms with Gasteiger partial charge < -0.3 is 15.8 Å². The second kappa shape index (κ2) is 6.15. The molecule has 0 atom stereocenters. The molecule has 0 aliphatic rings. The van der Waals surface area contributed by atoms with Gasteiger partial charge in [-0.2, -0.15) is 0 Å². The number of ether oxygens (including phenoxy) is 1. The summed E-state index contributed by atoms with van der Waals surface area (Å²) in [7, 11) is 1.57. The SMILES string of the molecule is COCCNC(=O)c1nc(C(C)C)ncc1N. The van der Waals surface area contributed by atoms with E-state index in [2.05, 4.69) is 15.3 Å². The van der Waals surface area contributed by atoms with Crippen LogP contribution in [-0.2, 0) is 4.74 Å². The molecule has 1 aromatic heterocycles. The summed E-state index contributed by atoms with van der Waals surface area (Å²) in [5.74, 6) is 0.459. The van der Waals surface area contributed by atoms with Crippen LogP contribution in [0.3, 0.4) is 0 Å². The predicted molar refractivity (Wildman–Crippen MR) is 64.7 cm³/mol. The van der Waals surface area contributed by atoms with E-state index in [4.69, 9.17) is 10.5 Å². The van der Waals surface area contributed by atoms with Crippen molar-refractivity contribution in [2.24, 2.45) is 0 Å². The van der Waals surface area contributed by atoms with Gasteiger partial charge in [0.1, 0.15) is 5.82 Å². The first-order valence-electron chi connectivity index (χ1n) is 5.45. The molecule has 3 N–H and O–H groups in total. The van der Waals surface area contributed by atoms with Crippen molar-refractivity contribution in [3.05, 3.63) is 17.7 Å². The van der Waals surface area contributed by atoms with Gasteiger partial charge in [0.25, 0.3) is 5.91 Å². The minimum atomic E-state index is -0.302. The van der Waals surface area contributed by atoms with Crippen molar-refractivity contribution in [2.45, 2.75) is 19.8 Å². The van der Waals surface area contributed by atoms with Gasteiger partial charge in [-0.15, -0.1) is 0 Å². The van der Waals surface area contributed by atoms with E-state index in [1.165, 1.54) is 6.20 Å². The van der Waals surface area contributed by atoms with Crippen molar-refractivity contribution in [2.75, 3.05) is 26.0 Å². The van der Waals surface area contributed by atoms with Gasteiger partial charge in [-0.25, -0.2) is 9.97 Å². The van der Waals surface area contributed by atoms with E-state index in [9.17, 15) is 4.79 Å². The normalized spacial score (nSPS) is 10.6. The molecule has 6 heteroatoms. The highest BCUT2D eigenvalue weighted by Crippen LogP contribution is 2.13. The second-order valence-corrected chi connectivity index (χ2v) is 3.94. The zero-order chi connectivity index (χ0) is 12.8. The van der Waals surface area contributed by atoms with Crippen molar-refractivity contribution < 1.29 is 9.53 Å². The van der Waals surface area contributed by atoms with Gasteiger partial charge in [-0.05, 0) is 0 Å². The monoisotopic (exact) mass is 238 g/mol. The average molecular weight is 238 g/mol. The molecule has 94 valence electrons. The molecule has 0 radical (unpaired) electrons. The van der Waals surface area contributed by atoms with Crippen LogP contribution in [0.4, 0.5) is 5.69 Å². The Bertz CT molecular complexity index is 393. The highest BCUT2D eigenvalue weighted by Gasteiger charge is 2.14. The third-order valence-electron chi connectivity index (χ3n) is 2.16. The topological polar surface area (TPSA) is 90.1 Å². The molecule has 0 spiro atoms. The Hall–Kier alpha value is -1.69. The molecule has 1 rings (SSSR count). The number of nitrogen functional groups attached to an aromatic ring is 1. The number of hydrogen-bond donors (Lipinski definition) is 2. The summed E-state index contributed by atoms with van der Waals surface area (Å²) < 4.78 is 4.84. The summed E-state index contributed by atoms with van der Waals surface area (Å²) in [4.78, 5) is 20.0. The first kappa shape index (κ1) is 13.4. The maximum atomic E-state index is 11.8. The Kier molecular flexibility index (Phi) is 4.84. The van der Waals surface area contributed by atoms with E-state index in [-0.39, 0.29) is 23.2 Å². The van der Waals surface area contributed by atoms with E-state index in [0.29, 0.717) is 19.0 Å². The Morgan fingerprint density at radius 1 is 1.59 bits per heavy atom. The Morgan fingerprint density at radius 3 is 2.88 bits per heavy atom. The van der Waals surface area contributed by atoms with Crippen molar-refractivity contribution in [1.29, 1.82) is 0 Å². The maximum Gasteiger partial charge on any atom is 0.272 e. The van der Waals surface area contributed by atoms with Crippen LogP contribution in [0.25, 0.3) is 0 Å². The molecule has 0 saturated carbocycles. The van der Waals surface area contributed by atoms with E-state index in [1.54, 1.807) is 7.11 Å². The van der Waals surface area contributed by atoms with Crippen LogP contribution in [0.5, 0.6) is 0 Å². The van der Waals surface area contributed by atoms with Crippen LogP contribution in [0.2, 0.25) is 0 Å². The van der Waals surface area contributed by atoms with E-state index in [1.807, 2.05) is 13.8 Å². The quantitative estimate of drug-likeness (QED) is 0.731. The molecule has 0 fully saturated rings. The maximum absolute atomic E-state index is 11.8. The molecule has 0 aliphatic carbocycles. The van der Waals surface area contributed by atoms with Crippen LogP contribution >= 0.6 is 0 Å². The Labute approximate surface area is 101 Å². The fraction of sp³-hybridized carbons (Fsp3) is 0.545. The van der Waals surface area contributed by atoms with Crippen molar-refractivity contribution in [1.82, 2.24) is 15.3 Å². The number of rotatable bonds is 5. The molecule has 0 bridgehead atoms. The fourth-order valence-electron chi connectivity index (χ4n) is 1.22. The lowest BCUT2D eigenvalue weighted by molar-refractivity contribution is 0.0932. The number of methoxy groups -OCH3 is 1. The summed E-state index contributed by atoms with van der Waals surface area (Å²) >= 11 is 0. The molecule has 1 heterocycles. The van der Waals surface area contributed by atoms with Crippen molar-refractivity contribution >= 4 is 11.6 Å². The molecule has 6 nitrogen and oxygen atoms in total. The number of nitrogens with two attached hydrogens (primary N) is 1. The summed E-state index contributed by atoms with van der Waals surface area (Å²) in [5, 5.41) is 2.67. The highest BCUT2D eigenvalue weighted by atomic mass is 16.5. The summed E-state index contributed by atoms with van der Waals surface area (Å²) in [6, 6.07) is 0. The molecular formula is C11H18N4O2. The van der Waals surface area contributed by atoms with Gasteiger partial charge >= 0.3 is 0 Å². The summed E-state index contributed by atoms with van der Waals surface area (Å²) in [5.41, 5.74) is 6.18. The molecule has 0 aliphatic heterocycles. The second-order valence-electron chi connectivity index (χ2n) is 3.94. The van der Waals surface area contributed by atoms with Crippen LogP contribution in [0, 0.1) is 0 Å². The fourth-order valence-corrected chi connectivity index (χ4v) is 1.22. The van der Waals surface area contributed by atoms with E-state index < -0.39 is 0 Å². The Morgan fingerprint density at radius 2 is 2.29 bits per heavy atom. The standard InChI is InChI=1S/C11H18N4O2/c1-7(2)10-14-6-8(12)9(15-10)11(16)13-4-5-17-3/h6-7H,4-5,12H2,1-3H3,(H,13,16). The van der Waals surface area contributed by atoms with Gasteiger partial charge in [0.2, 0.25) is 0 Å². The van der Waals surface area contributed by atoms with Crippen LogP contribution in [0.1, 0.15) is 36.1 Å². The van der Waals surface area contributed by atoms with E-state index in [0.717, 1.165) is 0 Å². The van der Waals surface area contributed by atoms with Crippen molar-refractivity contribution in [3.63, 3.8) is 0 Å². The van der Waals surface area contributed by atoms with Crippen LogP contribution in [0.15, 0.2) is 6.20 Å². The minimum absolute atomic E-state index is 0.154. The zero-order valence-corrected chi connectivity index (χ0v) is 10.4. The zero-order valence-electron chi connectivity index (χ0n) is 10.4. The van der Waals surface area contributed by atoms with Crippen molar-refractivity contribution in [3.8, 4) is 0 Å². The number of hydrogen-bond acceptors (Lipinski definition) is 5. The van der Waals surface area contributed by atoms with Gasteiger partial charge in [0.05, 0.1) is 18.5 Å². The van der Waals surface area contributed by atoms with Gasteiger partial charge in [-0.1, -0.05) is 13.8 Å². The van der Waals surface area contributed by atoms with Gasteiger partial charge in [0.15, 0.2) is 5.69 Å². The number of nitrogens with one attached hydrogen (secondary N) is 1. The number of aromatic nitrogens is 2.